The van der Waals surface area contributed by atoms with E-state index in [1.807, 2.05) is 18.2 Å². The van der Waals surface area contributed by atoms with Gasteiger partial charge in [-0.1, -0.05) is 16.4 Å². The number of furan rings is 1. The quantitative estimate of drug-likeness (QED) is 0.303. The molecule has 0 unspecified atom stereocenters. The van der Waals surface area contributed by atoms with Crippen molar-refractivity contribution in [3.63, 3.8) is 0 Å². The minimum Gasteiger partial charge on any atom is -0.792 e. The average molecular weight is 449 g/mol. The van der Waals surface area contributed by atoms with Crippen LogP contribution in [0.2, 0.25) is 0 Å². The standard InChI is InChI=1S/C5H5N.C5H5O.2C4H8N2O2.Co/c1-2-4-6-5-3-1;1-5-2-3-6-4-5;2*1-3(5-7)4(2)6-8;/h1-5H;2-4H,1H2;2*7-8H,1-2H3;/q;-1;;;/p-2/b;;2*5-3+,6-4+;. The third-order valence-corrected chi connectivity index (χ3v) is 2.77. The maximum atomic E-state index is 9.63. The first-order valence-electron chi connectivity index (χ1n) is 7.74. The molecule has 11 heteroatoms. The van der Waals surface area contributed by atoms with Crippen LogP contribution in [0.1, 0.15) is 33.3 Å². The molecular formula is C18H24CoN5O5-3. The molecular weight excluding hydrogens is 425 g/mol. The van der Waals surface area contributed by atoms with Gasteiger partial charge in [0.15, 0.2) is 0 Å². The van der Waals surface area contributed by atoms with Crippen LogP contribution in [0.25, 0.3) is 0 Å². The van der Waals surface area contributed by atoms with E-state index in [1.54, 1.807) is 31.0 Å². The summed E-state index contributed by atoms with van der Waals surface area (Å²) in [4.78, 5) is 3.78. The molecule has 0 aliphatic rings. The van der Waals surface area contributed by atoms with Crippen LogP contribution in [-0.4, -0.2) is 38.2 Å². The molecule has 2 aromatic rings. The Balaban J connectivity index is -0.000000309. The summed E-state index contributed by atoms with van der Waals surface area (Å²) in [5, 5.41) is 45.8. The summed E-state index contributed by atoms with van der Waals surface area (Å²) in [6.45, 7) is 9.53. The van der Waals surface area contributed by atoms with E-state index in [0.717, 1.165) is 5.56 Å². The van der Waals surface area contributed by atoms with Crippen LogP contribution in [0.3, 0.4) is 0 Å². The number of rotatable bonds is 2. The molecule has 0 amide bonds. The Morgan fingerprint density at radius 2 is 1.34 bits per heavy atom. The van der Waals surface area contributed by atoms with Gasteiger partial charge in [-0.05, 0) is 46.1 Å². The fourth-order valence-electron chi connectivity index (χ4n) is 0.882. The van der Waals surface area contributed by atoms with E-state index in [4.69, 9.17) is 10.4 Å². The minimum absolute atomic E-state index is 0. The molecule has 0 aliphatic carbocycles. The van der Waals surface area contributed by atoms with Crippen molar-refractivity contribution in [2.24, 2.45) is 20.6 Å². The smallest absolute Gasteiger partial charge is 0.0967 e. The van der Waals surface area contributed by atoms with Gasteiger partial charge >= 0.3 is 0 Å². The van der Waals surface area contributed by atoms with E-state index >= 15 is 0 Å². The van der Waals surface area contributed by atoms with Crippen LogP contribution >= 0.6 is 0 Å². The molecule has 2 N–H and O–H groups in total. The Hall–Kier alpha value is -3.31. The molecule has 163 valence electrons. The predicted octanol–water partition coefficient (Wildman–Crippen LogP) is 4.13. The van der Waals surface area contributed by atoms with Gasteiger partial charge in [0.05, 0.1) is 22.8 Å². The minimum atomic E-state index is 0. The number of aromatic nitrogens is 1. The summed E-state index contributed by atoms with van der Waals surface area (Å²) >= 11 is 0. The van der Waals surface area contributed by atoms with Crippen LogP contribution in [0.5, 0.6) is 0 Å². The molecule has 0 saturated carbocycles. The molecule has 0 aliphatic heterocycles. The van der Waals surface area contributed by atoms with Gasteiger partial charge in [-0.3, -0.25) is 4.98 Å². The SMILES string of the molecule is CC(=N\[O-])/C(C)=N/O.CC(=N\[O-])/C(C)=N/O.[CH2-]c1ccoc1.[Co].c1ccncc1. The Morgan fingerprint density at radius 1 is 0.897 bits per heavy atom. The second-order valence-electron chi connectivity index (χ2n) is 4.88. The fraction of sp³-hybridized carbons (Fsp3) is 0.222. The third-order valence-electron chi connectivity index (χ3n) is 2.77. The molecule has 10 nitrogen and oxygen atoms in total. The molecule has 0 saturated heterocycles. The van der Waals surface area contributed by atoms with E-state index in [-0.39, 0.29) is 39.6 Å². The van der Waals surface area contributed by atoms with Crippen molar-refractivity contribution in [1.29, 1.82) is 0 Å². The molecule has 0 aromatic carbocycles. The molecule has 2 aromatic heterocycles. The van der Waals surface area contributed by atoms with E-state index in [1.165, 1.54) is 27.7 Å². The Morgan fingerprint density at radius 3 is 1.45 bits per heavy atom. The second kappa shape index (κ2) is 21.0. The van der Waals surface area contributed by atoms with Crippen molar-refractivity contribution in [1.82, 2.24) is 4.98 Å². The molecule has 1 radical (unpaired) electrons. The van der Waals surface area contributed by atoms with Gasteiger partial charge in [-0.15, -0.1) is 6.07 Å². The van der Waals surface area contributed by atoms with Crippen molar-refractivity contribution < 1.29 is 31.6 Å². The van der Waals surface area contributed by atoms with Crippen LogP contribution in [0.4, 0.5) is 0 Å². The zero-order valence-corrected chi connectivity index (χ0v) is 17.6. The molecule has 0 atom stereocenters. The van der Waals surface area contributed by atoms with Gasteiger partial charge < -0.3 is 35.6 Å². The zero-order chi connectivity index (χ0) is 21.8. The van der Waals surface area contributed by atoms with Crippen LogP contribution in [0.15, 0.2) is 74.2 Å². The van der Waals surface area contributed by atoms with Crippen molar-refractivity contribution in [2.45, 2.75) is 27.7 Å². The van der Waals surface area contributed by atoms with Crippen molar-refractivity contribution in [3.05, 3.63) is 72.1 Å². The van der Waals surface area contributed by atoms with E-state index < -0.39 is 0 Å². The summed E-state index contributed by atoms with van der Waals surface area (Å²) < 4.78 is 4.65. The summed E-state index contributed by atoms with van der Waals surface area (Å²) in [6.07, 6.45) is 6.70. The number of nitrogens with zero attached hydrogens (tertiary/aromatic N) is 5. The van der Waals surface area contributed by atoms with Crippen molar-refractivity contribution in [2.75, 3.05) is 0 Å². The second-order valence-corrected chi connectivity index (χ2v) is 4.88. The van der Waals surface area contributed by atoms with Gasteiger partial charge in [0.25, 0.3) is 0 Å². The number of hydrogen-bond acceptors (Lipinski definition) is 10. The summed E-state index contributed by atoms with van der Waals surface area (Å²) in [6, 6.07) is 7.52. The molecule has 2 heterocycles. The monoisotopic (exact) mass is 449 g/mol. The zero-order valence-electron chi connectivity index (χ0n) is 16.5. The summed E-state index contributed by atoms with van der Waals surface area (Å²) in [5.41, 5.74) is 1.83. The first-order chi connectivity index (χ1) is 13.3. The maximum absolute atomic E-state index is 9.63. The van der Waals surface area contributed by atoms with E-state index in [0.29, 0.717) is 0 Å². The topological polar surface area (TPSA) is 162 Å². The number of hydrogen-bond donors (Lipinski definition) is 2. The normalized spacial score (nSPS) is 11.3. The third kappa shape index (κ3) is 19.3. The number of pyridine rings is 1. The van der Waals surface area contributed by atoms with Gasteiger partial charge in [0, 0.05) is 35.4 Å². The first kappa shape index (κ1) is 30.4. The van der Waals surface area contributed by atoms with E-state index in [9.17, 15) is 10.4 Å². The molecule has 0 fully saturated rings. The van der Waals surface area contributed by atoms with Gasteiger partial charge in [0.2, 0.25) is 0 Å². The molecule has 0 bridgehead atoms. The number of oxime groups is 2. The van der Waals surface area contributed by atoms with Crippen LogP contribution in [-0.2, 0) is 16.8 Å². The molecule has 2 rings (SSSR count). The average Bonchev–Trinajstić information content (AvgIpc) is 3.24. The van der Waals surface area contributed by atoms with Gasteiger partial charge in [-0.2, -0.15) is 12.5 Å². The van der Waals surface area contributed by atoms with Crippen LogP contribution < -0.4 is 0 Å². The Kier molecular flexibility index (Phi) is 22.0. The Bertz CT molecular complexity index is 642. The van der Waals surface area contributed by atoms with E-state index in [2.05, 4.69) is 36.9 Å². The van der Waals surface area contributed by atoms with Crippen LogP contribution in [0, 0.1) is 17.3 Å². The maximum Gasteiger partial charge on any atom is 0.0967 e. The fourth-order valence-corrected chi connectivity index (χ4v) is 0.882. The van der Waals surface area contributed by atoms with Crippen molar-refractivity contribution in [3.8, 4) is 0 Å². The summed E-state index contributed by atoms with van der Waals surface area (Å²) in [7, 11) is 0. The largest absolute Gasteiger partial charge is 0.792 e. The van der Waals surface area contributed by atoms with Gasteiger partial charge in [0.1, 0.15) is 0 Å². The first-order valence-corrected chi connectivity index (χ1v) is 7.74. The molecule has 29 heavy (non-hydrogen) atoms. The van der Waals surface area contributed by atoms with Gasteiger partial charge in [-0.25, -0.2) is 0 Å². The molecule has 0 spiro atoms. The summed E-state index contributed by atoms with van der Waals surface area (Å²) in [5.74, 6) is 0. The predicted molar refractivity (Wildman–Crippen MR) is 110 cm³/mol. The Labute approximate surface area is 180 Å². The van der Waals surface area contributed by atoms with Crippen molar-refractivity contribution >= 4 is 22.8 Å².